The van der Waals surface area contributed by atoms with Crippen LogP contribution in [0, 0.1) is 4.77 Å². The maximum absolute atomic E-state index is 12.5. The van der Waals surface area contributed by atoms with Gasteiger partial charge in [0.05, 0.1) is 10.9 Å². The van der Waals surface area contributed by atoms with E-state index in [2.05, 4.69) is 39.3 Å². The second kappa shape index (κ2) is 8.05. The minimum atomic E-state index is -0.164. The zero-order chi connectivity index (χ0) is 20.4. The third-order valence-corrected chi connectivity index (χ3v) is 5.42. The highest BCUT2D eigenvalue weighted by Gasteiger charge is 2.10. The van der Waals surface area contributed by atoms with Crippen LogP contribution >= 0.6 is 12.2 Å². The Bertz CT molecular complexity index is 1320. The van der Waals surface area contributed by atoms with Gasteiger partial charge in [-0.25, -0.2) is 0 Å². The molecular formula is C22H22N4O2S. The average Bonchev–Trinajstić information content (AvgIpc) is 3.14. The Morgan fingerprint density at radius 3 is 2.83 bits per heavy atom. The van der Waals surface area contributed by atoms with Gasteiger partial charge in [0, 0.05) is 36.9 Å². The van der Waals surface area contributed by atoms with Crippen molar-refractivity contribution in [3.8, 4) is 0 Å². The minimum Gasteiger partial charge on any atom is -0.352 e. The maximum atomic E-state index is 12.5. The molecule has 2 aromatic carbocycles. The van der Waals surface area contributed by atoms with Crippen LogP contribution in [-0.4, -0.2) is 26.6 Å². The van der Waals surface area contributed by atoms with Crippen LogP contribution in [0.4, 0.5) is 0 Å². The summed E-state index contributed by atoms with van der Waals surface area (Å²) in [6.45, 7) is 3.77. The Hall–Kier alpha value is -3.19. The van der Waals surface area contributed by atoms with Crippen LogP contribution in [0.5, 0.6) is 0 Å². The smallest absolute Gasteiger partial charge is 0.262 e. The number of benzene rings is 2. The minimum absolute atomic E-state index is 0.142. The van der Waals surface area contributed by atoms with Crippen LogP contribution in [0.25, 0.3) is 21.8 Å². The summed E-state index contributed by atoms with van der Waals surface area (Å²) in [6.07, 6.45) is 2.89. The number of H-pyrrole nitrogens is 1. The molecule has 0 aliphatic rings. The summed E-state index contributed by atoms with van der Waals surface area (Å²) in [4.78, 5) is 28.0. The third kappa shape index (κ3) is 3.73. The van der Waals surface area contributed by atoms with Crippen molar-refractivity contribution in [1.29, 1.82) is 0 Å². The summed E-state index contributed by atoms with van der Waals surface area (Å²) < 4.78 is 4.06. The van der Waals surface area contributed by atoms with Gasteiger partial charge in [-0.05, 0) is 61.3 Å². The van der Waals surface area contributed by atoms with Crippen LogP contribution in [0.1, 0.15) is 23.7 Å². The standard InChI is InChI=1S/C22H22N4O2S/c1-2-26-21(28)17-9-8-16(14-18(17)24-22(26)29)20(27)23-11-5-12-25-13-10-15-6-3-4-7-19(15)25/h3-4,6-10,13-14H,2,5,11-12H2,1H3,(H,23,27)(H,24,29). The van der Waals surface area contributed by atoms with Crippen molar-refractivity contribution in [2.24, 2.45) is 0 Å². The largest absolute Gasteiger partial charge is 0.352 e. The van der Waals surface area contributed by atoms with E-state index in [-0.39, 0.29) is 11.5 Å². The molecule has 0 radical (unpaired) electrons. The normalized spacial score (nSPS) is 11.2. The fourth-order valence-corrected chi connectivity index (χ4v) is 3.89. The molecule has 1 amide bonds. The van der Waals surface area contributed by atoms with E-state index in [1.807, 2.05) is 19.1 Å². The molecule has 4 aromatic rings. The number of amides is 1. The predicted octanol–water partition coefficient (Wildman–Crippen LogP) is 3.85. The SMILES string of the molecule is CCn1c(=S)[nH]c2cc(C(=O)NCCCn3ccc4ccccc43)ccc2c1=O. The number of nitrogens with zero attached hydrogens (tertiary/aromatic N) is 2. The van der Waals surface area contributed by atoms with E-state index in [0.29, 0.717) is 34.3 Å². The molecule has 0 bridgehead atoms. The quantitative estimate of drug-likeness (QED) is 0.377. The highest BCUT2D eigenvalue weighted by atomic mass is 32.1. The summed E-state index contributed by atoms with van der Waals surface area (Å²) in [7, 11) is 0. The Labute approximate surface area is 172 Å². The van der Waals surface area contributed by atoms with E-state index in [9.17, 15) is 9.59 Å². The molecule has 7 heteroatoms. The van der Waals surface area contributed by atoms with Crippen molar-refractivity contribution < 1.29 is 4.79 Å². The van der Waals surface area contributed by atoms with Crippen molar-refractivity contribution in [3.05, 3.63) is 75.4 Å². The highest BCUT2D eigenvalue weighted by Crippen LogP contribution is 2.15. The molecule has 6 nitrogen and oxygen atoms in total. The number of para-hydroxylation sites is 1. The number of carbonyl (C=O) groups excluding carboxylic acids is 1. The molecule has 0 saturated heterocycles. The first-order chi connectivity index (χ1) is 14.1. The molecule has 0 spiro atoms. The van der Waals surface area contributed by atoms with Crippen molar-refractivity contribution >= 4 is 39.9 Å². The predicted molar refractivity (Wildman–Crippen MR) is 118 cm³/mol. The van der Waals surface area contributed by atoms with E-state index in [1.165, 1.54) is 15.5 Å². The molecule has 2 N–H and O–H groups in total. The van der Waals surface area contributed by atoms with E-state index in [0.717, 1.165) is 13.0 Å². The zero-order valence-corrected chi connectivity index (χ0v) is 17.0. The Morgan fingerprint density at radius 1 is 1.17 bits per heavy atom. The average molecular weight is 407 g/mol. The Balaban J connectivity index is 1.42. The lowest BCUT2D eigenvalue weighted by molar-refractivity contribution is 0.0953. The summed E-state index contributed by atoms with van der Waals surface area (Å²) >= 11 is 5.24. The van der Waals surface area contributed by atoms with Crippen molar-refractivity contribution in [2.75, 3.05) is 6.54 Å². The molecule has 0 unspecified atom stereocenters. The number of fused-ring (bicyclic) bond motifs is 2. The highest BCUT2D eigenvalue weighted by molar-refractivity contribution is 7.71. The van der Waals surface area contributed by atoms with Crippen LogP contribution in [0.15, 0.2) is 59.5 Å². The molecule has 0 saturated carbocycles. The van der Waals surface area contributed by atoms with Crippen LogP contribution < -0.4 is 10.9 Å². The molecule has 0 aliphatic carbocycles. The van der Waals surface area contributed by atoms with Gasteiger partial charge in [-0.15, -0.1) is 0 Å². The van der Waals surface area contributed by atoms with Gasteiger partial charge in [0.2, 0.25) is 0 Å². The molecule has 2 heterocycles. The van der Waals surface area contributed by atoms with Crippen molar-refractivity contribution in [2.45, 2.75) is 26.4 Å². The topological polar surface area (TPSA) is 71.8 Å². The summed E-state index contributed by atoms with van der Waals surface area (Å²) in [5.74, 6) is -0.164. The number of hydrogen-bond donors (Lipinski definition) is 2. The second-order valence-corrected chi connectivity index (χ2v) is 7.30. The fraction of sp³-hybridized carbons (Fsp3) is 0.227. The van der Waals surface area contributed by atoms with Gasteiger partial charge < -0.3 is 14.9 Å². The third-order valence-electron chi connectivity index (χ3n) is 5.10. The number of carbonyl (C=O) groups is 1. The molecule has 0 atom stereocenters. The van der Waals surface area contributed by atoms with Gasteiger partial charge in [0.1, 0.15) is 0 Å². The van der Waals surface area contributed by atoms with Gasteiger partial charge in [0.25, 0.3) is 11.5 Å². The molecule has 2 aromatic heterocycles. The van der Waals surface area contributed by atoms with Gasteiger partial charge in [-0.1, -0.05) is 18.2 Å². The molecular weight excluding hydrogens is 384 g/mol. The van der Waals surface area contributed by atoms with Gasteiger partial charge in [-0.3, -0.25) is 14.2 Å². The fourth-order valence-electron chi connectivity index (χ4n) is 3.57. The van der Waals surface area contributed by atoms with E-state index < -0.39 is 0 Å². The summed E-state index contributed by atoms with van der Waals surface area (Å²) in [6, 6.07) is 15.4. The van der Waals surface area contributed by atoms with Crippen molar-refractivity contribution in [3.63, 3.8) is 0 Å². The molecule has 0 aliphatic heterocycles. The second-order valence-electron chi connectivity index (χ2n) is 6.92. The number of nitrogens with one attached hydrogen (secondary N) is 2. The lowest BCUT2D eigenvalue weighted by Crippen LogP contribution is -2.26. The summed E-state index contributed by atoms with van der Waals surface area (Å²) in [5.41, 5.74) is 2.14. The Morgan fingerprint density at radius 2 is 2.00 bits per heavy atom. The number of aryl methyl sites for hydroxylation is 1. The van der Waals surface area contributed by atoms with Gasteiger partial charge in [0.15, 0.2) is 4.77 Å². The molecule has 4 rings (SSSR count). The maximum Gasteiger partial charge on any atom is 0.262 e. The molecule has 148 valence electrons. The van der Waals surface area contributed by atoms with Crippen LogP contribution in [-0.2, 0) is 13.1 Å². The van der Waals surface area contributed by atoms with Crippen LogP contribution in [0.3, 0.4) is 0 Å². The monoisotopic (exact) mass is 406 g/mol. The van der Waals surface area contributed by atoms with E-state index >= 15 is 0 Å². The van der Waals surface area contributed by atoms with Gasteiger partial charge in [-0.2, -0.15) is 0 Å². The van der Waals surface area contributed by atoms with Crippen LogP contribution in [0.2, 0.25) is 0 Å². The first-order valence-corrected chi connectivity index (χ1v) is 10.1. The number of aromatic amines is 1. The first kappa shape index (κ1) is 19.1. The van der Waals surface area contributed by atoms with Gasteiger partial charge >= 0.3 is 0 Å². The van der Waals surface area contributed by atoms with E-state index in [4.69, 9.17) is 12.2 Å². The van der Waals surface area contributed by atoms with E-state index in [1.54, 1.807) is 18.2 Å². The molecule has 29 heavy (non-hydrogen) atoms. The lowest BCUT2D eigenvalue weighted by Gasteiger charge is -2.09. The molecule has 0 fully saturated rings. The number of rotatable bonds is 6. The first-order valence-electron chi connectivity index (χ1n) is 9.67. The zero-order valence-electron chi connectivity index (χ0n) is 16.1. The Kier molecular flexibility index (Phi) is 5.31. The van der Waals surface area contributed by atoms with Crippen molar-refractivity contribution in [1.82, 2.24) is 19.4 Å². The number of hydrogen-bond acceptors (Lipinski definition) is 3. The lowest BCUT2D eigenvalue weighted by atomic mass is 10.1. The number of aromatic nitrogens is 3. The summed E-state index contributed by atoms with van der Waals surface area (Å²) in [5, 5.41) is 4.69.